The van der Waals surface area contributed by atoms with Crippen LogP contribution in [-0.2, 0) is 4.79 Å². The average molecular weight is 513 g/mol. The first-order valence-corrected chi connectivity index (χ1v) is 11.2. The lowest BCUT2D eigenvalue weighted by molar-refractivity contribution is -0.183. The van der Waals surface area contributed by atoms with Crippen LogP contribution in [0.5, 0.6) is 5.75 Å². The maximum absolute atomic E-state index is 14.1. The molecule has 3 aromatic heterocycles. The van der Waals surface area contributed by atoms with Crippen LogP contribution in [0.1, 0.15) is 18.0 Å². The fourth-order valence-electron chi connectivity index (χ4n) is 4.37. The molecule has 13 heteroatoms. The minimum atomic E-state index is -4.47. The van der Waals surface area contributed by atoms with Crippen LogP contribution in [-0.4, -0.2) is 68.0 Å². The summed E-state index contributed by atoms with van der Waals surface area (Å²) in [6.45, 7) is 0.0618. The summed E-state index contributed by atoms with van der Waals surface area (Å²) in [7, 11) is 0. The van der Waals surface area contributed by atoms with Gasteiger partial charge in [-0.3, -0.25) is 14.1 Å². The van der Waals surface area contributed by atoms with Gasteiger partial charge < -0.3 is 15.6 Å². The fraction of sp³-hybridized carbons (Fsp3) is 0.292. The highest BCUT2D eigenvalue weighted by Crippen LogP contribution is 2.39. The topological polar surface area (TPSA) is 143 Å². The van der Waals surface area contributed by atoms with Gasteiger partial charge in [-0.15, -0.1) is 10.2 Å². The number of ether oxygens (including phenoxy) is 1. The van der Waals surface area contributed by atoms with E-state index < -0.39 is 12.2 Å². The van der Waals surface area contributed by atoms with Gasteiger partial charge in [-0.1, -0.05) is 24.3 Å². The molecule has 4 aromatic rings. The van der Waals surface area contributed by atoms with Gasteiger partial charge in [0.15, 0.2) is 18.1 Å². The second-order valence-electron chi connectivity index (χ2n) is 8.28. The Kier molecular flexibility index (Phi) is 7.51. The Hall–Kier alpha value is -4.28. The van der Waals surface area contributed by atoms with Crippen molar-refractivity contribution in [3.05, 3.63) is 54.2 Å². The van der Waals surface area contributed by atoms with Gasteiger partial charge in [-0.25, -0.2) is 4.98 Å². The molecule has 0 spiro atoms. The third-order valence-corrected chi connectivity index (χ3v) is 5.88. The van der Waals surface area contributed by atoms with Crippen molar-refractivity contribution in [1.82, 2.24) is 24.5 Å². The van der Waals surface area contributed by atoms with Gasteiger partial charge in [-0.05, 0) is 30.2 Å². The molecule has 4 heterocycles. The Balaban J connectivity index is 0.00000102. The van der Waals surface area contributed by atoms with Crippen molar-refractivity contribution < 1.29 is 27.8 Å². The molecule has 1 fully saturated rings. The number of fused-ring (bicyclic) bond motifs is 2. The molecule has 1 aliphatic heterocycles. The number of halogens is 3. The SMILES string of the molecule is N#CCOc1cccc2ccc(-c3nnc4ccc([C@@H](N5CC[C@H](N)C5)C(F)(F)F)cn34)nc12.O=CO. The molecule has 0 aliphatic carbocycles. The molecule has 0 radical (unpaired) electrons. The first-order valence-electron chi connectivity index (χ1n) is 11.2. The van der Waals surface area contributed by atoms with Crippen molar-refractivity contribution >= 4 is 23.0 Å². The number of hydrogen-bond acceptors (Lipinski definition) is 8. The minimum absolute atomic E-state index is 0.0778. The predicted octanol–water partition coefficient (Wildman–Crippen LogP) is 3.18. The van der Waals surface area contributed by atoms with Crippen LogP contribution in [0, 0.1) is 11.3 Å². The van der Waals surface area contributed by atoms with Crippen LogP contribution in [0.25, 0.3) is 28.1 Å². The monoisotopic (exact) mass is 513 g/mol. The lowest BCUT2D eigenvalue weighted by Gasteiger charge is -2.30. The van der Waals surface area contributed by atoms with Crippen molar-refractivity contribution in [1.29, 1.82) is 5.26 Å². The molecule has 5 rings (SSSR count). The van der Waals surface area contributed by atoms with Crippen LogP contribution in [0.4, 0.5) is 13.2 Å². The number of hydrogen-bond donors (Lipinski definition) is 2. The zero-order valence-electron chi connectivity index (χ0n) is 19.3. The smallest absolute Gasteiger partial charge is 0.408 e. The molecule has 0 bridgehead atoms. The summed E-state index contributed by atoms with van der Waals surface area (Å²) < 4.78 is 49.2. The first-order chi connectivity index (χ1) is 17.8. The van der Waals surface area contributed by atoms with Gasteiger partial charge >= 0.3 is 6.18 Å². The molecule has 10 nitrogen and oxygen atoms in total. The summed E-state index contributed by atoms with van der Waals surface area (Å²) in [5.74, 6) is 0.728. The number of nitrogens with zero attached hydrogens (tertiary/aromatic N) is 6. The number of nitrogens with two attached hydrogens (primary N) is 1. The summed E-state index contributed by atoms with van der Waals surface area (Å²) in [6, 6.07) is 11.7. The molecule has 1 aromatic carbocycles. The van der Waals surface area contributed by atoms with E-state index in [1.165, 1.54) is 27.6 Å². The summed E-state index contributed by atoms with van der Waals surface area (Å²) in [5, 5.41) is 24.8. The van der Waals surface area contributed by atoms with Crippen molar-refractivity contribution in [3.63, 3.8) is 0 Å². The number of rotatable bonds is 5. The molecule has 0 amide bonds. The van der Waals surface area contributed by atoms with Crippen LogP contribution in [0.2, 0.25) is 0 Å². The Bertz CT molecular complexity index is 1450. The lowest BCUT2D eigenvalue weighted by atomic mass is 10.1. The zero-order chi connectivity index (χ0) is 26.6. The number of pyridine rings is 2. The van der Waals surface area contributed by atoms with Crippen molar-refractivity contribution in [2.45, 2.75) is 24.7 Å². The standard InChI is InChI=1S/C23H20F3N7O.CH2O2/c24-23(25,26)21(32-10-8-16(28)13-32)15-5-7-19-30-31-22(33(19)12-15)17-6-4-14-2-1-3-18(20(14)29-17)34-11-9-27;2-1-3/h1-7,12,16,21H,8,10-11,13,28H2;1H,(H,2,3)/t16-,21+;/m0./s1. The van der Waals surface area contributed by atoms with E-state index in [0.717, 1.165) is 5.39 Å². The third-order valence-electron chi connectivity index (χ3n) is 5.88. The van der Waals surface area contributed by atoms with Crippen LogP contribution < -0.4 is 10.5 Å². The second kappa shape index (κ2) is 10.8. The number of nitriles is 1. The molecule has 2 atom stereocenters. The maximum Gasteiger partial charge on any atom is 0.408 e. The maximum atomic E-state index is 14.1. The highest BCUT2D eigenvalue weighted by Gasteiger charge is 2.46. The van der Waals surface area contributed by atoms with E-state index in [-0.39, 0.29) is 37.8 Å². The Morgan fingerprint density at radius 2 is 2.03 bits per heavy atom. The van der Waals surface area contributed by atoms with Crippen LogP contribution in [0.15, 0.2) is 48.7 Å². The molecular weight excluding hydrogens is 491 g/mol. The van der Waals surface area contributed by atoms with Gasteiger partial charge in [0.2, 0.25) is 0 Å². The highest BCUT2D eigenvalue weighted by molar-refractivity contribution is 5.86. The quantitative estimate of drug-likeness (QED) is 0.385. The Morgan fingerprint density at radius 3 is 2.70 bits per heavy atom. The predicted molar refractivity (Wildman–Crippen MR) is 126 cm³/mol. The Morgan fingerprint density at radius 1 is 1.24 bits per heavy atom. The number of alkyl halides is 3. The van der Waals surface area contributed by atoms with E-state index in [4.69, 9.17) is 25.6 Å². The summed E-state index contributed by atoms with van der Waals surface area (Å²) in [5.41, 5.74) is 7.28. The third kappa shape index (κ3) is 5.45. The van der Waals surface area contributed by atoms with Gasteiger partial charge in [0.05, 0.1) is 0 Å². The normalized spacial score (nSPS) is 16.7. The van der Waals surface area contributed by atoms with Gasteiger partial charge in [-0.2, -0.15) is 18.4 Å². The first kappa shape index (κ1) is 25.8. The summed E-state index contributed by atoms with van der Waals surface area (Å²) >= 11 is 0. The van der Waals surface area contributed by atoms with E-state index in [1.54, 1.807) is 18.2 Å². The number of benzene rings is 1. The number of carbonyl (C=O) groups is 1. The molecule has 1 saturated heterocycles. The van der Waals surface area contributed by atoms with E-state index in [9.17, 15) is 13.2 Å². The van der Waals surface area contributed by atoms with E-state index in [2.05, 4.69) is 15.2 Å². The number of para-hydroxylation sites is 1. The summed E-state index contributed by atoms with van der Waals surface area (Å²) in [6.07, 6.45) is -2.54. The lowest BCUT2D eigenvalue weighted by Crippen LogP contribution is -2.38. The molecular formula is C24H22F3N7O3. The molecule has 37 heavy (non-hydrogen) atoms. The largest absolute Gasteiger partial charge is 0.483 e. The molecule has 192 valence electrons. The molecule has 1 aliphatic rings. The van der Waals surface area contributed by atoms with Crippen molar-refractivity contribution in [2.24, 2.45) is 5.73 Å². The van der Waals surface area contributed by atoms with Gasteiger partial charge in [0, 0.05) is 30.7 Å². The van der Waals surface area contributed by atoms with Crippen molar-refractivity contribution in [2.75, 3.05) is 19.7 Å². The van der Waals surface area contributed by atoms with Crippen LogP contribution in [0.3, 0.4) is 0 Å². The van der Waals surface area contributed by atoms with E-state index >= 15 is 0 Å². The van der Waals surface area contributed by atoms with Crippen molar-refractivity contribution in [3.8, 4) is 23.3 Å². The van der Waals surface area contributed by atoms with Crippen LogP contribution >= 0.6 is 0 Å². The van der Waals surface area contributed by atoms with E-state index in [0.29, 0.717) is 34.9 Å². The average Bonchev–Trinajstić information content (AvgIpc) is 3.48. The summed E-state index contributed by atoms with van der Waals surface area (Å²) in [4.78, 5) is 14.3. The second-order valence-corrected chi connectivity index (χ2v) is 8.28. The fourth-order valence-corrected chi connectivity index (χ4v) is 4.37. The molecule has 0 unspecified atom stereocenters. The van der Waals surface area contributed by atoms with Gasteiger partial charge in [0.25, 0.3) is 6.47 Å². The molecule has 0 saturated carbocycles. The number of likely N-dealkylation sites (tertiary alicyclic amines) is 1. The van der Waals surface area contributed by atoms with E-state index in [1.807, 2.05) is 18.2 Å². The van der Waals surface area contributed by atoms with Gasteiger partial charge in [0.1, 0.15) is 29.1 Å². The molecule has 3 N–H and O–H groups in total. The zero-order valence-corrected chi connectivity index (χ0v) is 19.3. The minimum Gasteiger partial charge on any atom is -0.483 e. The Labute approximate surface area is 208 Å². The number of carboxylic acid groups (broad SMARTS) is 1. The highest BCUT2D eigenvalue weighted by atomic mass is 19.4. The number of aromatic nitrogens is 4.